The van der Waals surface area contributed by atoms with Gasteiger partial charge in [0, 0.05) is 50.8 Å². The molecule has 3 heterocycles. The van der Waals surface area contributed by atoms with Crippen molar-refractivity contribution in [1.82, 2.24) is 14.3 Å². The van der Waals surface area contributed by atoms with Crippen LogP contribution in [0, 0.1) is 12.7 Å². The molecule has 0 bridgehead atoms. The predicted octanol–water partition coefficient (Wildman–Crippen LogP) is 3.76. The van der Waals surface area contributed by atoms with E-state index in [9.17, 15) is 4.39 Å². The summed E-state index contributed by atoms with van der Waals surface area (Å²) in [6, 6.07) is 8.78. The Labute approximate surface area is 151 Å². The van der Waals surface area contributed by atoms with E-state index >= 15 is 0 Å². The molecule has 2 aromatic heterocycles. The third-order valence-corrected chi connectivity index (χ3v) is 4.96. The number of benzene rings is 1. The highest BCUT2D eigenvalue weighted by Gasteiger charge is 2.19. The number of anilines is 1. The third-order valence-electron chi connectivity index (χ3n) is 4.73. The Kier molecular flexibility index (Phi) is 4.36. The van der Waals surface area contributed by atoms with E-state index in [1.165, 1.54) is 6.07 Å². The van der Waals surface area contributed by atoms with Crippen molar-refractivity contribution in [1.29, 1.82) is 0 Å². The molecule has 0 aliphatic carbocycles. The summed E-state index contributed by atoms with van der Waals surface area (Å²) >= 11 is 6.03. The molecule has 4 rings (SSSR count). The molecule has 0 N–H and O–H groups in total. The van der Waals surface area contributed by atoms with E-state index in [0.29, 0.717) is 5.02 Å². The number of fused-ring (bicyclic) bond motifs is 1. The van der Waals surface area contributed by atoms with Gasteiger partial charge in [-0.25, -0.2) is 9.37 Å². The van der Waals surface area contributed by atoms with Gasteiger partial charge in [-0.15, -0.1) is 0 Å². The lowest BCUT2D eigenvalue weighted by Gasteiger charge is -2.36. The molecule has 0 radical (unpaired) electrons. The fraction of sp³-hybridized carbons (Fsp3) is 0.316. The average molecular weight is 359 g/mol. The molecule has 4 nitrogen and oxygen atoms in total. The fourth-order valence-corrected chi connectivity index (χ4v) is 3.56. The summed E-state index contributed by atoms with van der Waals surface area (Å²) in [6.07, 6.45) is 3.91. The minimum Gasteiger partial charge on any atom is -0.369 e. The smallest absolute Gasteiger partial charge is 0.137 e. The average Bonchev–Trinajstić information content (AvgIpc) is 2.99. The normalized spacial score (nSPS) is 15.9. The quantitative estimate of drug-likeness (QED) is 0.712. The number of aryl methyl sites for hydroxylation is 1. The lowest BCUT2D eigenvalue weighted by Crippen LogP contribution is -2.46. The van der Waals surface area contributed by atoms with Crippen LogP contribution in [-0.2, 0) is 6.54 Å². The van der Waals surface area contributed by atoms with Crippen LogP contribution in [0.2, 0.25) is 5.02 Å². The SMILES string of the molecule is Cc1ccc(F)cc1N1CCN(Cc2cn3cc(Cl)ccc3n2)CC1. The van der Waals surface area contributed by atoms with Gasteiger partial charge in [0.15, 0.2) is 0 Å². The first-order valence-corrected chi connectivity index (χ1v) is 8.83. The minimum atomic E-state index is -0.175. The Hall–Kier alpha value is -2.11. The molecule has 25 heavy (non-hydrogen) atoms. The molecule has 1 saturated heterocycles. The monoisotopic (exact) mass is 358 g/mol. The summed E-state index contributed by atoms with van der Waals surface area (Å²) in [5, 5.41) is 0.704. The van der Waals surface area contributed by atoms with E-state index in [0.717, 1.165) is 55.3 Å². The number of imidazole rings is 1. The van der Waals surface area contributed by atoms with Crippen molar-refractivity contribution in [2.45, 2.75) is 13.5 Å². The van der Waals surface area contributed by atoms with Gasteiger partial charge in [0.25, 0.3) is 0 Å². The van der Waals surface area contributed by atoms with Crippen LogP contribution in [0.15, 0.2) is 42.7 Å². The summed E-state index contributed by atoms with van der Waals surface area (Å²) in [5.74, 6) is -0.175. The summed E-state index contributed by atoms with van der Waals surface area (Å²) < 4.78 is 15.5. The highest BCUT2D eigenvalue weighted by molar-refractivity contribution is 6.30. The van der Waals surface area contributed by atoms with Gasteiger partial charge in [-0.3, -0.25) is 4.90 Å². The molecule has 0 amide bonds. The number of nitrogens with zero attached hydrogens (tertiary/aromatic N) is 4. The van der Waals surface area contributed by atoms with Gasteiger partial charge in [0.05, 0.1) is 10.7 Å². The van der Waals surface area contributed by atoms with Crippen molar-refractivity contribution >= 4 is 22.9 Å². The minimum absolute atomic E-state index is 0.175. The summed E-state index contributed by atoms with van der Waals surface area (Å²) in [5.41, 5.74) is 4.07. The molecular formula is C19H20ClFN4. The maximum atomic E-state index is 13.5. The van der Waals surface area contributed by atoms with E-state index in [1.54, 1.807) is 6.07 Å². The number of hydrogen-bond donors (Lipinski definition) is 0. The second kappa shape index (κ2) is 6.65. The summed E-state index contributed by atoms with van der Waals surface area (Å²) in [4.78, 5) is 9.30. The zero-order valence-corrected chi connectivity index (χ0v) is 14.9. The van der Waals surface area contributed by atoms with Gasteiger partial charge in [0.2, 0.25) is 0 Å². The van der Waals surface area contributed by atoms with Crippen LogP contribution in [-0.4, -0.2) is 40.5 Å². The van der Waals surface area contributed by atoms with Crippen molar-refractivity contribution in [2.75, 3.05) is 31.1 Å². The molecule has 130 valence electrons. The van der Waals surface area contributed by atoms with Crippen molar-refractivity contribution in [3.63, 3.8) is 0 Å². The highest BCUT2D eigenvalue weighted by atomic mass is 35.5. The summed E-state index contributed by atoms with van der Waals surface area (Å²) in [6.45, 7) is 6.50. The maximum absolute atomic E-state index is 13.5. The number of halogens is 2. The Morgan fingerprint density at radius 1 is 1.08 bits per heavy atom. The molecule has 1 aliphatic heterocycles. The third kappa shape index (κ3) is 3.48. The summed E-state index contributed by atoms with van der Waals surface area (Å²) in [7, 11) is 0. The second-order valence-electron chi connectivity index (χ2n) is 6.54. The molecule has 0 spiro atoms. The zero-order valence-electron chi connectivity index (χ0n) is 14.1. The highest BCUT2D eigenvalue weighted by Crippen LogP contribution is 2.23. The van der Waals surface area contributed by atoms with Crippen molar-refractivity contribution in [2.24, 2.45) is 0 Å². The fourth-order valence-electron chi connectivity index (χ4n) is 3.39. The van der Waals surface area contributed by atoms with E-state index in [-0.39, 0.29) is 5.82 Å². The Morgan fingerprint density at radius 2 is 1.88 bits per heavy atom. The molecule has 1 aliphatic rings. The first-order chi connectivity index (χ1) is 12.1. The van der Waals surface area contributed by atoms with Crippen molar-refractivity contribution in [3.05, 3.63) is 64.8 Å². The Balaban J connectivity index is 1.42. The first kappa shape index (κ1) is 16.4. The molecule has 0 atom stereocenters. The Morgan fingerprint density at radius 3 is 2.68 bits per heavy atom. The number of piperazine rings is 1. The van der Waals surface area contributed by atoms with Crippen LogP contribution in [0.25, 0.3) is 5.65 Å². The van der Waals surface area contributed by atoms with Crippen molar-refractivity contribution in [3.8, 4) is 0 Å². The number of hydrogen-bond acceptors (Lipinski definition) is 3. The van der Waals surface area contributed by atoms with Gasteiger partial charge in [-0.2, -0.15) is 0 Å². The van der Waals surface area contributed by atoms with E-state index in [1.807, 2.05) is 41.9 Å². The maximum Gasteiger partial charge on any atom is 0.137 e. The Bertz CT molecular complexity index is 900. The zero-order chi connectivity index (χ0) is 17.4. The molecular weight excluding hydrogens is 339 g/mol. The van der Waals surface area contributed by atoms with Crippen LogP contribution in [0.4, 0.5) is 10.1 Å². The van der Waals surface area contributed by atoms with Crippen LogP contribution in [0.5, 0.6) is 0 Å². The van der Waals surface area contributed by atoms with Crippen LogP contribution in [0.1, 0.15) is 11.3 Å². The molecule has 6 heteroatoms. The number of pyridine rings is 1. The van der Waals surface area contributed by atoms with E-state index in [2.05, 4.69) is 14.8 Å². The van der Waals surface area contributed by atoms with Crippen molar-refractivity contribution < 1.29 is 4.39 Å². The molecule has 1 fully saturated rings. The number of rotatable bonds is 3. The number of aromatic nitrogens is 2. The van der Waals surface area contributed by atoms with Gasteiger partial charge in [-0.1, -0.05) is 17.7 Å². The van der Waals surface area contributed by atoms with Gasteiger partial charge >= 0.3 is 0 Å². The molecule has 0 unspecified atom stereocenters. The van der Waals surface area contributed by atoms with Gasteiger partial charge in [0.1, 0.15) is 11.5 Å². The van der Waals surface area contributed by atoms with Crippen LogP contribution < -0.4 is 4.90 Å². The second-order valence-corrected chi connectivity index (χ2v) is 6.98. The first-order valence-electron chi connectivity index (χ1n) is 8.45. The van der Waals surface area contributed by atoms with Crippen LogP contribution >= 0.6 is 11.6 Å². The standard InChI is InChI=1S/C19H20ClFN4/c1-14-2-4-16(21)10-18(14)24-8-6-23(7-9-24)12-17-13-25-11-15(20)3-5-19(25)22-17/h2-5,10-11,13H,6-9,12H2,1H3. The van der Waals surface area contributed by atoms with Crippen LogP contribution in [0.3, 0.4) is 0 Å². The van der Waals surface area contributed by atoms with E-state index < -0.39 is 0 Å². The molecule has 3 aromatic rings. The van der Waals surface area contributed by atoms with Gasteiger partial charge < -0.3 is 9.30 Å². The topological polar surface area (TPSA) is 23.8 Å². The lowest BCUT2D eigenvalue weighted by molar-refractivity contribution is 0.247. The molecule has 0 saturated carbocycles. The van der Waals surface area contributed by atoms with Gasteiger partial charge in [-0.05, 0) is 36.8 Å². The lowest BCUT2D eigenvalue weighted by atomic mass is 10.1. The largest absolute Gasteiger partial charge is 0.369 e. The predicted molar refractivity (Wildman–Crippen MR) is 98.8 cm³/mol. The van der Waals surface area contributed by atoms with E-state index in [4.69, 9.17) is 11.6 Å². The molecule has 1 aromatic carbocycles.